The van der Waals surface area contributed by atoms with E-state index in [9.17, 15) is 0 Å². The minimum absolute atomic E-state index is 0. The van der Waals surface area contributed by atoms with Crippen LogP contribution in [-0.4, -0.2) is 0 Å². The minimum atomic E-state index is 0. The monoisotopic (exact) mass is 433 g/mol. The molecule has 3 radical (unpaired) electrons. The van der Waals surface area contributed by atoms with Gasteiger partial charge < -0.3 is 29.7 Å². The van der Waals surface area contributed by atoms with Crippen molar-refractivity contribution in [2.75, 3.05) is 0 Å². The molecule has 0 bridgehead atoms. The molecule has 0 aliphatic rings. The van der Waals surface area contributed by atoms with Crippen LogP contribution in [0.2, 0.25) is 0 Å². The van der Waals surface area contributed by atoms with E-state index in [1.54, 1.807) is 0 Å². The van der Waals surface area contributed by atoms with E-state index in [4.69, 9.17) is 0 Å². The van der Waals surface area contributed by atoms with Gasteiger partial charge in [-0.25, -0.2) is 0 Å². The van der Waals surface area contributed by atoms with Gasteiger partial charge in [0, 0.05) is 98.1 Å². The van der Waals surface area contributed by atoms with Crippen molar-refractivity contribution in [2.24, 2.45) is 5.92 Å². The van der Waals surface area contributed by atoms with Gasteiger partial charge in [-0.15, -0.1) is 0 Å². The predicted molar refractivity (Wildman–Crippen MR) is 66.4 cm³/mol. The average molecular weight is 433 g/mol. The summed E-state index contributed by atoms with van der Waals surface area (Å²) >= 11 is 0. The first kappa shape index (κ1) is 116. The third-order valence-electron chi connectivity index (χ3n) is 0. The van der Waals surface area contributed by atoms with E-state index in [1.165, 1.54) is 0 Å². The second-order valence-electron chi connectivity index (χ2n) is 1.73. The van der Waals surface area contributed by atoms with Crippen LogP contribution in [0.1, 0.15) is 43.1 Å². The van der Waals surface area contributed by atoms with Gasteiger partial charge in [-0.05, 0) is 5.92 Å². The Morgan fingerprint density at radius 3 is 0.500 bits per heavy atom. The Hall–Kier alpha value is 3.31. The van der Waals surface area contributed by atoms with Crippen LogP contribution in [0.25, 0.3) is 0 Å². The number of hydrogen-bond donors (Lipinski definition) is 0. The summed E-state index contributed by atoms with van der Waals surface area (Å²) in [5.41, 5.74) is 0. The first-order valence-corrected chi connectivity index (χ1v) is 1.73. The zero-order valence-electron chi connectivity index (χ0n) is 9.31. The second kappa shape index (κ2) is 96.0. The van der Waals surface area contributed by atoms with Crippen molar-refractivity contribution in [3.63, 3.8) is 0 Å². The van der Waals surface area contributed by atoms with Crippen molar-refractivity contribution in [1.29, 1.82) is 0 Å². The molecule has 0 saturated heterocycles. The van der Waals surface area contributed by atoms with Crippen LogP contribution in [0.4, 0.5) is 0 Å². The Bertz CT molecular complexity index is 15.2. The number of hydrogen-bond acceptors (Lipinski definition) is 0. The summed E-state index contributed by atoms with van der Waals surface area (Å²) in [5, 5.41) is 0. The van der Waals surface area contributed by atoms with Gasteiger partial charge in [-0.3, -0.25) is 0 Å². The molecular weight excluding hydrogens is 399 g/mol. The minimum Gasteiger partial charge on any atom is -0.358 e. The summed E-state index contributed by atoms with van der Waals surface area (Å²) in [5.74, 6) is 0.833. The molecule has 14 heavy (non-hydrogen) atoms. The summed E-state index contributed by atoms with van der Waals surface area (Å²) < 4.78 is 0. The normalized spacial score (nSPS) is 2.57. The Labute approximate surface area is 174 Å². The molecular formula is C11H34Y3-4. The zero-order chi connectivity index (χ0) is 3.58. The molecule has 0 amide bonds. The van der Waals surface area contributed by atoms with Gasteiger partial charge in [-0.2, -0.15) is 0 Å². The maximum Gasteiger partial charge on any atom is 0 e. The summed E-state index contributed by atoms with van der Waals surface area (Å²) in [6.45, 7) is 6.50. The Morgan fingerprint density at radius 1 is 0.500 bits per heavy atom. The summed E-state index contributed by atoms with van der Waals surface area (Å²) in [6, 6.07) is 0. The van der Waals surface area contributed by atoms with E-state index in [2.05, 4.69) is 20.8 Å². The van der Waals surface area contributed by atoms with Gasteiger partial charge in [-0.1, -0.05) is 43.1 Å². The van der Waals surface area contributed by atoms with Crippen molar-refractivity contribution in [2.45, 2.75) is 43.1 Å². The maximum atomic E-state index is 2.17. The maximum absolute atomic E-state index is 2.17. The molecule has 0 aromatic rings. The van der Waals surface area contributed by atoms with E-state index >= 15 is 0 Å². The van der Waals surface area contributed by atoms with Crippen LogP contribution in [0.5, 0.6) is 0 Å². The summed E-state index contributed by atoms with van der Waals surface area (Å²) in [7, 11) is 0. The van der Waals surface area contributed by atoms with Crippen LogP contribution in [0.15, 0.2) is 0 Å². The third kappa shape index (κ3) is 286. The van der Waals surface area contributed by atoms with E-state index in [0.29, 0.717) is 0 Å². The Kier molecular flexibility index (Phi) is 793. The van der Waals surface area contributed by atoms with Crippen molar-refractivity contribution in [1.82, 2.24) is 0 Å². The van der Waals surface area contributed by atoms with E-state index in [1.807, 2.05) is 0 Å². The summed E-state index contributed by atoms with van der Waals surface area (Å²) in [4.78, 5) is 0. The Balaban J connectivity index is -0.000000001000. The molecule has 0 saturated carbocycles. The molecule has 0 aromatic heterocycles. The summed E-state index contributed by atoms with van der Waals surface area (Å²) in [6.07, 6.45) is 0. The van der Waals surface area contributed by atoms with Gasteiger partial charge in [0.25, 0.3) is 0 Å². The van der Waals surface area contributed by atoms with Crippen LogP contribution < -0.4 is 0 Å². The average Bonchev–Trinajstić information content (AvgIpc) is 0.811. The van der Waals surface area contributed by atoms with Gasteiger partial charge in [0.05, 0.1) is 0 Å². The first-order chi connectivity index (χ1) is 1.73. The molecule has 0 heterocycles. The fraction of sp³-hybridized carbons (Fsp3) is 0.636. The fourth-order valence-corrected chi connectivity index (χ4v) is 0. The molecule has 0 atom stereocenters. The van der Waals surface area contributed by atoms with Crippen LogP contribution in [0, 0.1) is 35.6 Å². The molecule has 0 aliphatic carbocycles. The number of rotatable bonds is 0. The first-order valence-electron chi connectivity index (χ1n) is 1.73. The SMILES string of the molecule is C.C.C.CC(C)C.[CH3-].[CH3-].[CH3-].[CH3-].[Y].[Y].[Y]. The van der Waals surface area contributed by atoms with E-state index in [-0.39, 0.29) is 150 Å². The standard InChI is InChI=1S/C4H10.3CH4.4CH3.3Y/c1-4(2)3;;;;;;;;;;/h4H,1-3H3;3*1H4;4*1H3;;;/q;;;;4*-1;;;. The van der Waals surface area contributed by atoms with Gasteiger partial charge in [0.2, 0.25) is 0 Å². The predicted octanol–water partition coefficient (Wildman–Crippen LogP) is 5.36. The van der Waals surface area contributed by atoms with Gasteiger partial charge >= 0.3 is 0 Å². The van der Waals surface area contributed by atoms with Crippen molar-refractivity contribution >= 4 is 0 Å². The van der Waals surface area contributed by atoms with Crippen molar-refractivity contribution in [3.8, 4) is 0 Å². The largest absolute Gasteiger partial charge is 0.358 e. The van der Waals surface area contributed by atoms with Gasteiger partial charge in [0.1, 0.15) is 0 Å². The zero-order valence-corrected chi connectivity index (χ0v) is 17.8. The van der Waals surface area contributed by atoms with Crippen LogP contribution >= 0.6 is 0 Å². The second-order valence-corrected chi connectivity index (χ2v) is 1.73. The molecule has 0 nitrogen and oxygen atoms in total. The third-order valence-corrected chi connectivity index (χ3v) is 0. The molecule has 0 spiro atoms. The van der Waals surface area contributed by atoms with Gasteiger partial charge in [0.15, 0.2) is 0 Å². The van der Waals surface area contributed by atoms with E-state index < -0.39 is 0 Å². The molecule has 0 rings (SSSR count). The quantitative estimate of drug-likeness (QED) is 0.451. The van der Waals surface area contributed by atoms with Crippen LogP contribution in [0.3, 0.4) is 0 Å². The molecule has 0 unspecified atom stereocenters. The molecule has 91 valence electrons. The molecule has 0 N–H and O–H groups in total. The topological polar surface area (TPSA) is 0 Å². The smallest absolute Gasteiger partial charge is 0 e. The van der Waals surface area contributed by atoms with Crippen LogP contribution in [-0.2, 0) is 98.1 Å². The van der Waals surface area contributed by atoms with E-state index in [0.717, 1.165) is 5.92 Å². The fourth-order valence-electron chi connectivity index (χ4n) is 0. The Morgan fingerprint density at radius 2 is 0.500 bits per heavy atom. The molecule has 3 heteroatoms. The molecule has 0 aliphatic heterocycles. The van der Waals surface area contributed by atoms with Crippen molar-refractivity contribution in [3.05, 3.63) is 29.7 Å². The van der Waals surface area contributed by atoms with Crippen molar-refractivity contribution < 1.29 is 98.1 Å². The molecule has 0 fully saturated rings. The molecule has 0 aromatic carbocycles.